The summed E-state index contributed by atoms with van der Waals surface area (Å²) in [5.41, 5.74) is 5.10. The highest BCUT2D eigenvalue weighted by Gasteiger charge is 2.17. The van der Waals surface area contributed by atoms with E-state index < -0.39 is 10.8 Å². The third-order valence-electron chi connectivity index (χ3n) is 2.15. The summed E-state index contributed by atoms with van der Waals surface area (Å²) in [6.45, 7) is 1.51. The zero-order valence-corrected chi connectivity index (χ0v) is 9.21. The first-order valence-electron chi connectivity index (χ1n) is 4.91. The second kappa shape index (κ2) is 5.26. The van der Waals surface area contributed by atoms with Gasteiger partial charge in [-0.2, -0.15) is 0 Å². The van der Waals surface area contributed by atoms with Crippen molar-refractivity contribution in [2.24, 2.45) is 5.73 Å². The Morgan fingerprint density at radius 3 is 2.76 bits per heavy atom. The molecule has 1 aromatic rings. The van der Waals surface area contributed by atoms with E-state index in [1.165, 1.54) is 12.1 Å². The molecule has 0 bridgehead atoms. The summed E-state index contributed by atoms with van der Waals surface area (Å²) in [4.78, 5) is 21.1. The first kappa shape index (κ1) is 12.9. The van der Waals surface area contributed by atoms with Gasteiger partial charge in [0, 0.05) is 17.7 Å². The Hall–Kier alpha value is -2.15. The van der Waals surface area contributed by atoms with Crippen LogP contribution in [0.1, 0.15) is 17.3 Å². The number of anilines is 1. The van der Waals surface area contributed by atoms with E-state index in [1.807, 2.05) is 0 Å². The van der Waals surface area contributed by atoms with Crippen LogP contribution in [0.25, 0.3) is 0 Å². The average Bonchev–Trinajstić information content (AvgIpc) is 2.28. The van der Waals surface area contributed by atoms with Crippen molar-refractivity contribution in [3.8, 4) is 0 Å². The van der Waals surface area contributed by atoms with Crippen molar-refractivity contribution in [1.29, 1.82) is 0 Å². The molecule has 7 nitrogen and oxygen atoms in total. The highest BCUT2D eigenvalue weighted by atomic mass is 16.6. The van der Waals surface area contributed by atoms with Gasteiger partial charge in [0.15, 0.2) is 0 Å². The third kappa shape index (κ3) is 3.15. The summed E-state index contributed by atoms with van der Waals surface area (Å²) in [5.74, 6) is -0.727. The number of amides is 1. The van der Waals surface area contributed by atoms with Crippen LogP contribution in [0.5, 0.6) is 0 Å². The van der Waals surface area contributed by atoms with Crippen molar-refractivity contribution in [2.75, 3.05) is 11.9 Å². The Kier molecular flexibility index (Phi) is 4.00. The normalized spacial score (nSPS) is 11.9. The molecule has 92 valence electrons. The summed E-state index contributed by atoms with van der Waals surface area (Å²) in [6, 6.07) is 3.56. The van der Waals surface area contributed by atoms with Gasteiger partial charge < -0.3 is 16.2 Å². The lowest BCUT2D eigenvalue weighted by Crippen LogP contribution is -2.20. The minimum absolute atomic E-state index is 0.0684. The largest absolute Gasteiger partial charge is 0.394 e. The van der Waals surface area contributed by atoms with Gasteiger partial charge in [0.2, 0.25) is 5.91 Å². The topological polar surface area (TPSA) is 118 Å². The van der Waals surface area contributed by atoms with Crippen molar-refractivity contribution >= 4 is 17.3 Å². The average molecular weight is 239 g/mol. The van der Waals surface area contributed by atoms with Gasteiger partial charge in [-0.15, -0.1) is 0 Å². The van der Waals surface area contributed by atoms with Crippen molar-refractivity contribution in [3.63, 3.8) is 0 Å². The van der Waals surface area contributed by atoms with Crippen LogP contribution in [0.15, 0.2) is 18.2 Å². The number of aliphatic hydroxyl groups excluding tert-OH is 1. The number of hydrogen-bond acceptors (Lipinski definition) is 5. The number of carbonyl (C=O) groups excluding carboxylic acids is 1. The lowest BCUT2D eigenvalue weighted by atomic mass is 10.1. The van der Waals surface area contributed by atoms with E-state index in [0.717, 1.165) is 6.07 Å². The molecule has 1 amide bonds. The van der Waals surface area contributed by atoms with Crippen LogP contribution < -0.4 is 11.1 Å². The van der Waals surface area contributed by atoms with Gasteiger partial charge in [-0.25, -0.2) is 0 Å². The van der Waals surface area contributed by atoms with E-state index in [1.54, 1.807) is 6.92 Å². The lowest BCUT2D eigenvalue weighted by molar-refractivity contribution is -0.384. The standard InChI is InChI=1S/C10H13N3O4/c1-6(5-14)12-8-3-2-7(10(11)15)4-9(8)13(16)17/h2-4,6,12,14H,5H2,1H3,(H2,11,15). The summed E-state index contributed by atoms with van der Waals surface area (Å²) < 4.78 is 0. The molecule has 0 spiro atoms. The summed E-state index contributed by atoms with van der Waals surface area (Å²) >= 11 is 0. The minimum Gasteiger partial charge on any atom is -0.394 e. The number of benzene rings is 1. The number of nitro benzene ring substituents is 1. The van der Waals surface area contributed by atoms with Crippen LogP contribution in [0.3, 0.4) is 0 Å². The second-order valence-corrected chi connectivity index (χ2v) is 3.58. The zero-order chi connectivity index (χ0) is 13.0. The van der Waals surface area contributed by atoms with E-state index >= 15 is 0 Å². The van der Waals surface area contributed by atoms with Gasteiger partial charge in [-0.05, 0) is 19.1 Å². The molecule has 0 aliphatic rings. The maximum absolute atomic E-state index is 10.9. The summed E-state index contributed by atoms with van der Waals surface area (Å²) in [6.07, 6.45) is 0. The van der Waals surface area contributed by atoms with Crippen molar-refractivity contribution in [3.05, 3.63) is 33.9 Å². The van der Waals surface area contributed by atoms with Crippen molar-refractivity contribution in [1.82, 2.24) is 0 Å². The number of nitro groups is 1. The van der Waals surface area contributed by atoms with E-state index in [-0.39, 0.29) is 29.6 Å². The zero-order valence-electron chi connectivity index (χ0n) is 9.21. The molecule has 7 heteroatoms. The Balaban J connectivity index is 3.13. The molecule has 1 aromatic carbocycles. The SMILES string of the molecule is CC(CO)Nc1ccc(C(N)=O)cc1[N+](=O)[O-]. The highest BCUT2D eigenvalue weighted by Crippen LogP contribution is 2.25. The molecule has 0 fully saturated rings. The van der Waals surface area contributed by atoms with Gasteiger partial charge in [-0.3, -0.25) is 14.9 Å². The smallest absolute Gasteiger partial charge is 0.293 e. The molecule has 0 saturated heterocycles. The fourth-order valence-electron chi connectivity index (χ4n) is 1.27. The van der Waals surface area contributed by atoms with Gasteiger partial charge in [-0.1, -0.05) is 0 Å². The summed E-state index contributed by atoms with van der Waals surface area (Å²) in [5, 5.41) is 22.4. The van der Waals surface area contributed by atoms with E-state index in [0.29, 0.717) is 0 Å². The third-order valence-corrected chi connectivity index (χ3v) is 2.15. The molecule has 1 unspecified atom stereocenters. The van der Waals surface area contributed by atoms with Crippen LogP contribution >= 0.6 is 0 Å². The molecule has 1 atom stereocenters. The van der Waals surface area contributed by atoms with Crippen LogP contribution in [0, 0.1) is 10.1 Å². The van der Waals surface area contributed by atoms with Gasteiger partial charge in [0.05, 0.1) is 11.5 Å². The number of hydrogen-bond donors (Lipinski definition) is 3. The highest BCUT2D eigenvalue weighted by molar-refractivity contribution is 5.94. The fraction of sp³-hybridized carbons (Fsp3) is 0.300. The Morgan fingerprint density at radius 2 is 2.29 bits per heavy atom. The fourth-order valence-corrected chi connectivity index (χ4v) is 1.27. The minimum atomic E-state index is -0.727. The van der Waals surface area contributed by atoms with Crippen LogP contribution in [0.2, 0.25) is 0 Å². The van der Waals surface area contributed by atoms with Crippen molar-refractivity contribution in [2.45, 2.75) is 13.0 Å². The lowest BCUT2D eigenvalue weighted by Gasteiger charge is -2.12. The van der Waals surface area contributed by atoms with Crippen LogP contribution in [0.4, 0.5) is 11.4 Å². The number of aliphatic hydroxyl groups is 1. The first-order chi connectivity index (χ1) is 7.95. The van der Waals surface area contributed by atoms with Gasteiger partial charge >= 0.3 is 0 Å². The summed E-state index contributed by atoms with van der Waals surface area (Å²) in [7, 11) is 0. The predicted molar refractivity (Wildman–Crippen MR) is 61.8 cm³/mol. The predicted octanol–water partition coefficient (Wildman–Crippen LogP) is 0.486. The van der Waals surface area contributed by atoms with Crippen LogP contribution in [-0.2, 0) is 0 Å². The number of nitrogens with zero attached hydrogens (tertiary/aromatic N) is 1. The quantitative estimate of drug-likeness (QED) is 0.510. The second-order valence-electron chi connectivity index (χ2n) is 3.58. The molecule has 0 heterocycles. The number of primary amides is 1. The van der Waals surface area contributed by atoms with Gasteiger partial charge in [0.1, 0.15) is 5.69 Å². The number of nitrogens with two attached hydrogens (primary N) is 1. The Morgan fingerprint density at radius 1 is 1.65 bits per heavy atom. The number of carbonyl (C=O) groups is 1. The molecule has 1 rings (SSSR count). The van der Waals surface area contributed by atoms with E-state index in [4.69, 9.17) is 10.8 Å². The monoisotopic (exact) mass is 239 g/mol. The Bertz CT molecular complexity index is 447. The number of rotatable bonds is 5. The number of nitrogens with one attached hydrogen (secondary N) is 1. The molecule has 0 aliphatic heterocycles. The molecular weight excluding hydrogens is 226 g/mol. The molecule has 0 aliphatic carbocycles. The maximum Gasteiger partial charge on any atom is 0.293 e. The van der Waals surface area contributed by atoms with E-state index in [9.17, 15) is 14.9 Å². The van der Waals surface area contributed by atoms with Crippen LogP contribution in [-0.4, -0.2) is 28.6 Å². The molecule has 0 saturated carbocycles. The molecule has 0 aromatic heterocycles. The molecule has 17 heavy (non-hydrogen) atoms. The van der Waals surface area contributed by atoms with Gasteiger partial charge in [0.25, 0.3) is 5.69 Å². The Labute approximate surface area is 97.4 Å². The maximum atomic E-state index is 10.9. The van der Waals surface area contributed by atoms with Crippen molar-refractivity contribution < 1.29 is 14.8 Å². The van der Waals surface area contributed by atoms with E-state index in [2.05, 4.69) is 5.32 Å². The molecule has 4 N–H and O–H groups in total. The first-order valence-corrected chi connectivity index (χ1v) is 4.91. The molecule has 0 radical (unpaired) electrons. The molecular formula is C10H13N3O4.